The van der Waals surface area contributed by atoms with Crippen LogP contribution in [-0.2, 0) is 6.54 Å². The van der Waals surface area contributed by atoms with E-state index in [4.69, 9.17) is 0 Å². The van der Waals surface area contributed by atoms with Crippen molar-refractivity contribution in [2.45, 2.75) is 32.9 Å². The maximum atomic E-state index is 9.95. The van der Waals surface area contributed by atoms with Crippen LogP contribution in [-0.4, -0.2) is 11.1 Å². The van der Waals surface area contributed by atoms with Crippen molar-refractivity contribution >= 4 is 10.8 Å². The molecule has 2 aromatic carbocycles. The summed E-state index contributed by atoms with van der Waals surface area (Å²) in [6.45, 7) is 5.02. The first kappa shape index (κ1) is 11.9. The Morgan fingerprint density at radius 3 is 2.71 bits per heavy atom. The quantitative estimate of drug-likeness (QED) is 0.841. The van der Waals surface area contributed by atoms with Crippen molar-refractivity contribution < 1.29 is 5.11 Å². The number of rotatable bonds is 4. The first-order chi connectivity index (χ1) is 8.22. The fourth-order valence-corrected chi connectivity index (χ4v) is 1.93. The normalized spacial score (nSPS) is 12.8. The molecule has 0 aliphatic rings. The number of nitrogens with one attached hydrogen (secondary N) is 1. The van der Waals surface area contributed by atoms with Gasteiger partial charge in [-0.25, -0.2) is 0 Å². The molecule has 1 unspecified atom stereocenters. The van der Waals surface area contributed by atoms with E-state index in [-0.39, 0.29) is 0 Å². The second kappa shape index (κ2) is 5.19. The Balaban J connectivity index is 2.34. The average molecular weight is 229 g/mol. The van der Waals surface area contributed by atoms with Gasteiger partial charge in [-0.2, -0.15) is 0 Å². The summed E-state index contributed by atoms with van der Waals surface area (Å²) in [4.78, 5) is 0. The Labute approximate surface area is 102 Å². The summed E-state index contributed by atoms with van der Waals surface area (Å²) in [6, 6.07) is 12.4. The van der Waals surface area contributed by atoms with Crippen molar-refractivity contribution in [3.63, 3.8) is 0 Å². The van der Waals surface area contributed by atoms with Crippen molar-refractivity contribution in [1.29, 1.82) is 0 Å². The lowest BCUT2D eigenvalue weighted by atomic mass is 10.0. The molecule has 0 aliphatic carbocycles. The molecule has 0 aromatic heterocycles. The summed E-state index contributed by atoms with van der Waals surface area (Å²) in [7, 11) is 0. The minimum Gasteiger partial charge on any atom is -0.508 e. The molecule has 0 saturated heterocycles. The van der Waals surface area contributed by atoms with Gasteiger partial charge in [0, 0.05) is 18.2 Å². The highest BCUT2D eigenvalue weighted by Crippen LogP contribution is 2.26. The summed E-state index contributed by atoms with van der Waals surface area (Å²) < 4.78 is 0. The van der Waals surface area contributed by atoms with Gasteiger partial charge in [0.2, 0.25) is 0 Å². The smallest absolute Gasteiger partial charge is 0.120 e. The Morgan fingerprint density at radius 1 is 1.18 bits per heavy atom. The molecule has 0 amide bonds. The number of hydrogen-bond acceptors (Lipinski definition) is 2. The van der Waals surface area contributed by atoms with Crippen molar-refractivity contribution in [1.82, 2.24) is 5.32 Å². The van der Waals surface area contributed by atoms with Gasteiger partial charge in [0.25, 0.3) is 0 Å². The van der Waals surface area contributed by atoms with Crippen LogP contribution >= 0.6 is 0 Å². The van der Waals surface area contributed by atoms with Crippen LogP contribution in [0.1, 0.15) is 25.8 Å². The Bertz CT molecular complexity index is 507. The van der Waals surface area contributed by atoms with E-state index < -0.39 is 0 Å². The number of aromatic hydroxyl groups is 1. The van der Waals surface area contributed by atoms with Crippen molar-refractivity contribution in [3.8, 4) is 5.75 Å². The van der Waals surface area contributed by atoms with Crippen molar-refractivity contribution in [2.75, 3.05) is 0 Å². The maximum absolute atomic E-state index is 9.95. The number of benzene rings is 2. The molecule has 0 heterocycles. The van der Waals surface area contributed by atoms with E-state index in [1.165, 1.54) is 5.39 Å². The minimum atomic E-state index is 0.375. The zero-order chi connectivity index (χ0) is 12.3. The highest BCUT2D eigenvalue weighted by molar-refractivity contribution is 5.87. The lowest BCUT2D eigenvalue weighted by Crippen LogP contribution is -2.24. The predicted molar refractivity (Wildman–Crippen MR) is 72.2 cm³/mol. The van der Waals surface area contributed by atoms with E-state index in [9.17, 15) is 5.11 Å². The van der Waals surface area contributed by atoms with Crippen molar-refractivity contribution in [2.24, 2.45) is 0 Å². The van der Waals surface area contributed by atoms with Gasteiger partial charge >= 0.3 is 0 Å². The second-order valence-electron chi connectivity index (χ2n) is 4.47. The van der Waals surface area contributed by atoms with E-state index in [2.05, 4.69) is 31.3 Å². The largest absolute Gasteiger partial charge is 0.508 e. The number of phenolic OH excluding ortho intramolecular Hbond substituents is 1. The van der Waals surface area contributed by atoms with Gasteiger partial charge in [-0.1, -0.05) is 37.3 Å². The van der Waals surface area contributed by atoms with E-state index in [1.54, 1.807) is 6.07 Å². The van der Waals surface area contributed by atoms with Crippen LogP contribution in [0.25, 0.3) is 10.8 Å². The minimum absolute atomic E-state index is 0.375. The molecule has 0 bridgehead atoms. The molecule has 0 aliphatic heterocycles. The summed E-state index contributed by atoms with van der Waals surface area (Å²) in [5.74, 6) is 0.375. The third-order valence-electron chi connectivity index (χ3n) is 3.26. The van der Waals surface area contributed by atoms with E-state index in [0.29, 0.717) is 18.3 Å². The fraction of sp³-hybridized carbons (Fsp3) is 0.333. The van der Waals surface area contributed by atoms with Crippen LogP contribution in [0.4, 0.5) is 0 Å². The molecule has 2 heteroatoms. The number of hydrogen-bond donors (Lipinski definition) is 2. The topological polar surface area (TPSA) is 32.3 Å². The number of phenols is 1. The zero-order valence-corrected chi connectivity index (χ0v) is 10.4. The Morgan fingerprint density at radius 2 is 1.94 bits per heavy atom. The van der Waals surface area contributed by atoms with Gasteiger partial charge in [-0.15, -0.1) is 0 Å². The molecule has 0 spiro atoms. The molecule has 1 atom stereocenters. The molecular formula is C15H19NO. The molecule has 0 fully saturated rings. The zero-order valence-electron chi connectivity index (χ0n) is 10.4. The summed E-state index contributed by atoms with van der Waals surface area (Å²) in [6.07, 6.45) is 1.09. The summed E-state index contributed by atoms with van der Waals surface area (Å²) in [5.41, 5.74) is 0.989. The first-order valence-corrected chi connectivity index (χ1v) is 6.15. The van der Waals surface area contributed by atoms with Crippen LogP contribution in [0.15, 0.2) is 36.4 Å². The Kier molecular flexibility index (Phi) is 3.64. The third kappa shape index (κ3) is 2.59. The molecule has 17 heavy (non-hydrogen) atoms. The Hall–Kier alpha value is -1.54. The fourth-order valence-electron chi connectivity index (χ4n) is 1.93. The van der Waals surface area contributed by atoms with E-state index >= 15 is 0 Å². The molecule has 2 aromatic rings. The predicted octanol–water partition coefficient (Wildman–Crippen LogP) is 3.43. The van der Waals surface area contributed by atoms with Gasteiger partial charge in [0.05, 0.1) is 0 Å². The van der Waals surface area contributed by atoms with E-state index in [0.717, 1.165) is 17.4 Å². The molecular weight excluding hydrogens is 210 g/mol. The first-order valence-electron chi connectivity index (χ1n) is 6.15. The van der Waals surface area contributed by atoms with Gasteiger partial charge in [-0.3, -0.25) is 0 Å². The van der Waals surface area contributed by atoms with Crippen LogP contribution in [0, 0.1) is 0 Å². The number of fused-ring (bicyclic) bond motifs is 1. The molecule has 2 nitrogen and oxygen atoms in total. The highest BCUT2D eigenvalue weighted by atomic mass is 16.3. The van der Waals surface area contributed by atoms with Crippen LogP contribution in [0.2, 0.25) is 0 Å². The maximum Gasteiger partial charge on any atom is 0.120 e. The second-order valence-corrected chi connectivity index (χ2v) is 4.47. The van der Waals surface area contributed by atoms with E-state index in [1.807, 2.05) is 18.2 Å². The van der Waals surface area contributed by atoms with Crippen LogP contribution in [0.3, 0.4) is 0 Å². The highest BCUT2D eigenvalue weighted by Gasteiger charge is 2.07. The SMILES string of the molecule is CCC(C)NCc1c(O)ccc2ccccc12. The lowest BCUT2D eigenvalue weighted by molar-refractivity contribution is 0.459. The summed E-state index contributed by atoms with van der Waals surface area (Å²) >= 11 is 0. The standard InChI is InChI=1S/C15H19NO/c1-3-11(2)16-10-14-13-7-5-4-6-12(13)8-9-15(14)17/h4-9,11,16-17H,3,10H2,1-2H3. The molecule has 0 radical (unpaired) electrons. The molecule has 2 rings (SSSR count). The molecule has 2 N–H and O–H groups in total. The monoisotopic (exact) mass is 229 g/mol. The van der Waals surface area contributed by atoms with Crippen LogP contribution < -0.4 is 5.32 Å². The third-order valence-corrected chi connectivity index (χ3v) is 3.26. The lowest BCUT2D eigenvalue weighted by Gasteiger charge is -2.14. The van der Waals surface area contributed by atoms with Crippen LogP contribution in [0.5, 0.6) is 5.75 Å². The molecule has 90 valence electrons. The van der Waals surface area contributed by atoms with Gasteiger partial charge in [0.1, 0.15) is 5.75 Å². The molecule has 0 saturated carbocycles. The summed E-state index contributed by atoms with van der Waals surface area (Å²) in [5, 5.41) is 15.7. The van der Waals surface area contributed by atoms with Gasteiger partial charge < -0.3 is 10.4 Å². The van der Waals surface area contributed by atoms with Gasteiger partial charge in [0.15, 0.2) is 0 Å². The van der Waals surface area contributed by atoms with Crippen molar-refractivity contribution in [3.05, 3.63) is 42.0 Å². The van der Waals surface area contributed by atoms with Gasteiger partial charge in [-0.05, 0) is 30.2 Å². The average Bonchev–Trinajstić information content (AvgIpc) is 2.37.